The molecule has 0 radical (unpaired) electrons. The second kappa shape index (κ2) is 5.86. The molecule has 0 spiro atoms. The molecule has 0 aliphatic carbocycles. The number of anilines is 2. The minimum Gasteiger partial charge on any atom is -0.322 e. The summed E-state index contributed by atoms with van der Waals surface area (Å²) in [5.74, 6) is -2.10. The summed E-state index contributed by atoms with van der Waals surface area (Å²) in [6.07, 6.45) is 1.62. The lowest BCUT2D eigenvalue weighted by Gasteiger charge is -2.16. The number of nitrogens with zero attached hydrogens (tertiary/aromatic N) is 1. The molecule has 8 heteroatoms. The molecular formula is C16H14F2N2O3S. The Bertz CT molecular complexity index is 909. The van der Waals surface area contributed by atoms with Crippen molar-refractivity contribution in [2.24, 2.45) is 0 Å². The molecule has 1 aliphatic heterocycles. The van der Waals surface area contributed by atoms with Gasteiger partial charge in [-0.25, -0.2) is 17.2 Å². The van der Waals surface area contributed by atoms with Crippen LogP contribution < -0.4 is 9.62 Å². The summed E-state index contributed by atoms with van der Waals surface area (Å²) < 4.78 is 51.0. The number of carbonyl (C=O) groups excluding carboxylic acids is 1. The number of amides is 1. The minimum absolute atomic E-state index is 0.00996. The van der Waals surface area contributed by atoms with Gasteiger partial charge in [-0.3, -0.25) is 9.10 Å². The van der Waals surface area contributed by atoms with Crippen LogP contribution in [0.2, 0.25) is 0 Å². The van der Waals surface area contributed by atoms with Crippen molar-refractivity contribution in [2.75, 3.05) is 22.4 Å². The van der Waals surface area contributed by atoms with Gasteiger partial charge in [-0.2, -0.15) is 0 Å². The van der Waals surface area contributed by atoms with Gasteiger partial charge in [-0.1, -0.05) is 0 Å². The molecule has 126 valence electrons. The van der Waals surface area contributed by atoms with E-state index in [1.165, 1.54) is 10.4 Å². The van der Waals surface area contributed by atoms with Gasteiger partial charge < -0.3 is 5.32 Å². The maximum absolute atomic E-state index is 13.2. The van der Waals surface area contributed by atoms with Gasteiger partial charge in [-0.05, 0) is 42.3 Å². The Balaban J connectivity index is 1.85. The normalized spacial score (nSPS) is 13.7. The molecule has 0 unspecified atom stereocenters. The zero-order chi connectivity index (χ0) is 17.5. The molecule has 1 aliphatic rings. The van der Waals surface area contributed by atoms with E-state index in [-0.39, 0.29) is 11.3 Å². The first-order valence-corrected chi connectivity index (χ1v) is 8.97. The number of halogens is 2. The first-order valence-electron chi connectivity index (χ1n) is 7.12. The van der Waals surface area contributed by atoms with E-state index in [2.05, 4.69) is 5.32 Å². The summed E-state index contributed by atoms with van der Waals surface area (Å²) in [6, 6.07) is 7.37. The van der Waals surface area contributed by atoms with Gasteiger partial charge in [0.25, 0.3) is 5.91 Å². The van der Waals surface area contributed by atoms with Crippen LogP contribution >= 0.6 is 0 Å². The topological polar surface area (TPSA) is 66.5 Å². The van der Waals surface area contributed by atoms with Gasteiger partial charge in [0.2, 0.25) is 10.0 Å². The van der Waals surface area contributed by atoms with Gasteiger partial charge in [0, 0.05) is 23.9 Å². The van der Waals surface area contributed by atoms with Crippen LogP contribution in [0.1, 0.15) is 15.9 Å². The maximum Gasteiger partial charge on any atom is 0.255 e. The fourth-order valence-corrected chi connectivity index (χ4v) is 3.64. The highest BCUT2D eigenvalue weighted by Gasteiger charge is 2.26. The summed E-state index contributed by atoms with van der Waals surface area (Å²) in [5.41, 5.74) is 1.58. The van der Waals surface area contributed by atoms with E-state index in [9.17, 15) is 22.0 Å². The largest absolute Gasteiger partial charge is 0.322 e. The first kappa shape index (κ1) is 16.4. The molecule has 0 bridgehead atoms. The zero-order valence-electron chi connectivity index (χ0n) is 12.7. The molecule has 24 heavy (non-hydrogen) atoms. The number of nitrogens with one attached hydrogen (secondary N) is 1. The highest BCUT2D eigenvalue weighted by molar-refractivity contribution is 7.92. The number of hydrogen-bond acceptors (Lipinski definition) is 3. The fraction of sp³-hybridized carbons (Fsp3) is 0.188. The average molecular weight is 352 g/mol. The molecule has 1 N–H and O–H groups in total. The second-order valence-corrected chi connectivity index (χ2v) is 7.45. The Hall–Kier alpha value is -2.48. The molecule has 2 aromatic carbocycles. The minimum atomic E-state index is -3.36. The van der Waals surface area contributed by atoms with Crippen molar-refractivity contribution in [3.8, 4) is 0 Å². The van der Waals surface area contributed by atoms with Crippen LogP contribution in [-0.2, 0) is 16.4 Å². The van der Waals surface area contributed by atoms with Crippen molar-refractivity contribution in [3.05, 3.63) is 59.2 Å². The number of hydrogen-bond donors (Lipinski definition) is 1. The Morgan fingerprint density at radius 2 is 1.79 bits per heavy atom. The van der Waals surface area contributed by atoms with E-state index in [1.807, 2.05) is 0 Å². The molecule has 0 saturated heterocycles. The molecular weight excluding hydrogens is 338 g/mol. The van der Waals surface area contributed by atoms with Crippen molar-refractivity contribution in [1.29, 1.82) is 0 Å². The van der Waals surface area contributed by atoms with Crippen molar-refractivity contribution in [1.82, 2.24) is 0 Å². The number of benzene rings is 2. The molecule has 1 amide bonds. The second-order valence-electron chi connectivity index (χ2n) is 5.54. The van der Waals surface area contributed by atoms with E-state index in [0.29, 0.717) is 24.7 Å². The van der Waals surface area contributed by atoms with Crippen LogP contribution in [0.4, 0.5) is 20.2 Å². The number of carbonyl (C=O) groups is 1. The maximum atomic E-state index is 13.2. The third-order valence-electron chi connectivity index (χ3n) is 3.72. The van der Waals surface area contributed by atoms with E-state index < -0.39 is 27.6 Å². The molecule has 0 aromatic heterocycles. The van der Waals surface area contributed by atoms with Crippen molar-refractivity contribution < 1.29 is 22.0 Å². The quantitative estimate of drug-likeness (QED) is 0.923. The van der Waals surface area contributed by atoms with E-state index >= 15 is 0 Å². The summed E-state index contributed by atoms with van der Waals surface area (Å²) in [7, 11) is -3.36. The van der Waals surface area contributed by atoms with Gasteiger partial charge >= 0.3 is 0 Å². The van der Waals surface area contributed by atoms with Crippen LogP contribution in [0.3, 0.4) is 0 Å². The number of rotatable bonds is 3. The number of sulfonamides is 1. The Kier molecular flexibility index (Phi) is 4.00. The smallest absolute Gasteiger partial charge is 0.255 e. The number of fused-ring (bicyclic) bond motifs is 1. The molecule has 5 nitrogen and oxygen atoms in total. The summed E-state index contributed by atoms with van der Waals surface area (Å²) in [4.78, 5) is 12.2. The van der Waals surface area contributed by atoms with Gasteiger partial charge in [0.15, 0.2) is 0 Å². The first-order chi connectivity index (χ1) is 11.2. The molecule has 3 rings (SSSR count). The van der Waals surface area contributed by atoms with E-state index in [1.54, 1.807) is 12.1 Å². The zero-order valence-corrected chi connectivity index (χ0v) is 13.5. The van der Waals surface area contributed by atoms with Crippen LogP contribution in [0.5, 0.6) is 0 Å². The van der Waals surface area contributed by atoms with Crippen molar-refractivity contribution >= 4 is 27.3 Å². The van der Waals surface area contributed by atoms with Gasteiger partial charge in [0.1, 0.15) is 11.6 Å². The van der Waals surface area contributed by atoms with Crippen LogP contribution in [0.15, 0.2) is 36.4 Å². The molecule has 0 fully saturated rings. The summed E-state index contributed by atoms with van der Waals surface area (Å²) in [5, 5.41) is 2.42. The lowest BCUT2D eigenvalue weighted by atomic mass is 10.1. The molecule has 0 saturated carbocycles. The SMILES string of the molecule is CS(=O)(=O)N1CCc2cc(C(=O)Nc3cc(F)cc(F)c3)ccc21. The van der Waals surface area contributed by atoms with Gasteiger partial charge in [-0.15, -0.1) is 0 Å². The Morgan fingerprint density at radius 3 is 2.42 bits per heavy atom. The molecule has 1 heterocycles. The van der Waals surface area contributed by atoms with Crippen molar-refractivity contribution in [3.63, 3.8) is 0 Å². The Labute approximate surface area is 138 Å². The molecule has 0 atom stereocenters. The summed E-state index contributed by atoms with van der Waals surface area (Å²) in [6.45, 7) is 0.328. The van der Waals surface area contributed by atoms with Crippen LogP contribution in [0.25, 0.3) is 0 Å². The predicted octanol–water partition coefficient (Wildman–Crippen LogP) is 2.54. The highest BCUT2D eigenvalue weighted by Crippen LogP contribution is 2.30. The lowest BCUT2D eigenvalue weighted by molar-refractivity contribution is 0.102. The lowest BCUT2D eigenvalue weighted by Crippen LogP contribution is -2.27. The third-order valence-corrected chi connectivity index (χ3v) is 4.90. The Morgan fingerprint density at radius 1 is 1.12 bits per heavy atom. The fourth-order valence-electron chi connectivity index (χ4n) is 2.69. The highest BCUT2D eigenvalue weighted by atomic mass is 32.2. The van der Waals surface area contributed by atoms with E-state index in [4.69, 9.17) is 0 Å². The van der Waals surface area contributed by atoms with Crippen molar-refractivity contribution in [2.45, 2.75) is 6.42 Å². The third kappa shape index (κ3) is 3.23. The summed E-state index contributed by atoms with van der Waals surface area (Å²) >= 11 is 0. The van der Waals surface area contributed by atoms with Crippen LogP contribution in [0, 0.1) is 11.6 Å². The van der Waals surface area contributed by atoms with Gasteiger partial charge in [0.05, 0.1) is 11.9 Å². The average Bonchev–Trinajstić information content (AvgIpc) is 2.88. The van der Waals surface area contributed by atoms with E-state index in [0.717, 1.165) is 24.0 Å². The predicted molar refractivity (Wildman–Crippen MR) is 86.6 cm³/mol. The monoisotopic (exact) mass is 352 g/mol. The molecule has 2 aromatic rings. The standard InChI is InChI=1S/C16H14F2N2O3S/c1-24(22,23)20-5-4-10-6-11(2-3-15(10)20)16(21)19-14-8-12(17)7-13(18)9-14/h2-3,6-9H,4-5H2,1H3,(H,19,21). The van der Waals surface area contributed by atoms with Crippen LogP contribution in [-0.4, -0.2) is 27.1 Å².